The highest BCUT2D eigenvalue weighted by Gasteiger charge is 2.14. The van der Waals surface area contributed by atoms with E-state index in [-0.39, 0.29) is 6.61 Å². The van der Waals surface area contributed by atoms with Crippen molar-refractivity contribution in [1.29, 1.82) is 0 Å². The highest BCUT2D eigenvalue weighted by Crippen LogP contribution is 2.27. The van der Waals surface area contributed by atoms with E-state index in [1.165, 1.54) is 16.7 Å². The molecule has 0 bridgehead atoms. The zero-order valence-corrected chi connectivity index (χ0v) is 11.5. The summed E-state index contributed by atoms with van der Waals surface area (Å²) in [5.74, 6) is 0.935. The summed E-state index contributed by atoms with van der Waals surface area (Å²) in [6.45, 7) is 6.39. The van der Waals surface area contributed by atoms with Gasteiger partial charge in [-0.05, 0) is 26.3 Å². The zero-order valence-electron chi connectivity index (χ0n) is 11.5. The van der Waals surface area contributed by atoms with Crippen molar-refractivity contribution < 1.29 is 5.11 Å². The van der Waals surface area contributed by atoms with Crippen LogP contribution in [0.1, 0.15) is 22.6 Å². The van der Waals surface area contributed by atoms with Gasteiger partial charge in [0, 0.05) is 19.0 Å². The molecule has 1 N–H and O–H groups in total. The van der Waals surface area contributed by atoms with Crippen LogP contribution in [-0.2, 0) is 13.5 Å². The Bertz CT molecular complexity index is 570. The molecular weight excluding hydrogens is 224 g/mol. The highest BCUT2D eigenvalue weighted by atomic mass is 16.3. The number of aliphatic hydroxyl groups is 1. The molecule has 1 aromatic carbocycles. The summed E-state index contributed by atoms with van der Waals surface area (Å²) < 4.78 is 2.09. The smallest absolute Gasteiger partial charge is 0.111 e. The molecule has 18 heavy (non-hydrogen) atoms. The lowest BCUT2D eigenvalue weighted by atomic mass is 10.0. The summed E-state index contributed by atoms with van der Waals surface area (Å²) in [6.07, 6.45) is 0.599. The summed E-state index contributed by atoms with van der Waals surface area (Å²) >= 11 is 0. The summed E-state index contributed by atoms with van der Waals surface area (Å²) in [4.78, 5) is 4.54. The highest BCUT2D eigenvalue weighted by molar-refractivity contribution is 5.67. The average molecular weight is 244 g/mol. The average Bonchev–Trinajstić information content (AvgIpc) is 2.56. The van der Waals surface area contributed by atoms with E-state index in [1.54, 1.807) is 0 Å². The van der Waals surface area contributed by atoms with E-state index in [1.807, 2.05) is 14.0 Å². The van der Waals surface area contributed by atoms with Crippen molar-refractivity contribution in [3.8, 4) is 11.3 Å². The number of benzene rings is 1. The van der Waals surface area contributed by atoms with Gasteiger partial charge < -0.3 is 9.67 Å². The van der Waals surface area contributed by atoms with Crippen LogP contribution in [0, 0.1) is 20.8 Å². The Kier molecular flexibility index (Phi) is 3.53. The Morgan fingerprint density at radius 3 is 2.56 bits per heavy atom. The van der Waals surface area contributed by atoms with Gasteiger partial charge in [0.2, 0.25) is 0 Å². The van der Waals surface area contributed by atoms with Crippen LogP contribution in [0.5, 0.6) is 0 Å². The van der Waals surface area contributed by atoms with Gasteiger partial charge in [-0.15, -0.1) is 0 Å². The fourth-order valence-electron chi connectivity index (χ4n) is 2.47. The van der Waals surface area contributed by atoms with Gasteiger partial charge in [-0.2, -0.15) is 0 Å². The summed E-state index contributed by atoms with van der Waals surface area (Å²) in [6, 6.07) is 6.46. The normalized spacial score (nSPS) is 10.9. The van der Waals surface area contributed by atoms with E-state index < -0.39 is 0 Å². The minimum Gasteiger partial charge on any atom is -0.396 e. The van der Waals surface area contributed by atoms with Crippen molar-refractivity contribution in [3.63, 3.8) is 0 Å². The van der Waals surface area contributed by atoms with Gasteiger partial charge in [0.05, 0.1) is 18.0 Å². The predicted octanol–water partition coefficient (Wildman–Crippen LogP) is 2.55. The van der Waals surface area contributed by atoms with Gasteiger partial charge in [-0.1, -0.05) is 23.8 Å². The van der Waals surface area contributed by atoms with Crippen LogP contribution in [0.4, 0.5) is 0 Å². The van der Waals surface area contributed by atoms with Crippen molar-refractivity contribution >= 4 is 0 Å². The molecule has 0 aliphatic rings. The van der Waals surface area contributed by atoms with Crippen molar-refractivity contribution in [2.45, 2.75) is 27.2 Å². The third-order valence-corrected chi connectivity index (χ3v) is 3.33. The third kappa shape index (κ3) is 2.18. The molecule has 0 fully saturated rings. The van der Waals surface area contributed by atoms with E-state index in [0.29, 0.717) is 6.42 Å². The molecule has 1 heterocycles. The second kappa shape index (κ2) is 4.94. The van der Waals surface area contributed by atoms with E-state index in [2.05, 4.69) is 41.6 Å². The second-order valence-electron chi connectivity index (χ2n) is 4.81. The summed E-state index contributed by atoms with van der Waals surface area (Å²) in [7, 11) is 2.01. The number of hydrogen-bond donors (Lipinski definition) is 1. The molecule has 0 saturated carbocycles. The topological polar surface area (TPSA) is 38.1 Å². The molecule has 3 nitrogen and oxygen atoms in total. The van der Waals surface area contributed by atoms with Gasteiger partial charge in [0.25, 0.3) is 0 Å². The Morgan fingerprint density at radius 1 is 1.22 bits per heavy atom. The molecule has 0 spiro atoms. The fourth-order valence-corrected chi connectivity index (χ4v) is 2.47. The van der Waals surface area contributed by atoms with E-state index in [0.717, 1.165) is 17.2 Å². The summed E-state index contributed by atoms with van der Waals surface area (Å²) in [5.41, 5.74) is 5.92. The zero-order chi connectivity index (χ0) is 13.3. The number of hydrogen-bond acceptors (Lipinski definition) is 2. The van der Waals surface area contributed by atoms with Crippen molar-refractivity contribution in [2.75, 3.05) is 6.61 Å². The number of nitrogens with zero attached hydrogens (tertiary/aromatic N) is 2. The standard InChI is InChI=1S/C15H20N2O/c1-10-5-6-13(11(2)9-10)15-12(3)16-14(7-8-18)17(15)4/h5-6,9,18H,7-8H2,1-4H3. The molecular formula is C15H20N2O. The minimum atomic E-state index is 0.136. The van der Waals surface area contributed by atoms with Crippen molar-refractivity contribution in [3.05, 3.63) is 40.8 Å². The predicted molar refractivity (Wildman–Crippen MR) is 73.6 cm³/mol. The lowest BCUT2D eigenvalue weighted by Crippen LogP contribution is -2.02. The quantitative estimate of drug-likeness (QED) is 0.901. The lowest BCUT2D eigenvalue weighted by Gasteiger charge is -2.10. The lowest BCUT2D eigenvalue weighted by molar-refractivity contribution is 0.295. The maximum Gasteiger partial charge on any atom is 0.111 e. The largest absolute Gasteiger partial charge is 0.396 e. The van der Waals surface area contributed by atoms with Crippen LogP contribution < -0.4 is 0 Å². The first-order valence-electron chi connectivity index (χ1n) is 6.25. The Labute approximate surface area is 108 Å². The molecule has 0 aliphatic heterocycles. The first-order chi connectivity index (χ1) is 8.54. The molecule has 0 aliphatic carbocycles. The first kappa shape index (κ1) is 12.8. The molecule has 0 radical (unpaired) electrons. The molecule has 0 saturated heterocycles. The van der Waals surface area contributed by atoms with Gasteiger partial charge in [-0.3, -0.25) is 0 Å². The Balaban J connectivity index is 2.56. The molecule has 2 rings (SSSR count). The van der Waals surface area contributed by atoms with Gasteiger partial charge >= 0.3 is 0 Å². The van der Waals surface area contributed by atoms with Crippen molar-refractivity contribution in [1.82, 2.24) is 9.55 Å². The molecule has 0 atom stereocenters. The van der Waals surface area contributed by atoms with Crippen LogP contribution in [0.15, 0.2) is 18.2 Å². The first-order valence-corrected chi connectivity index (χ1v) is 6.25. The van der Waals surface area contributed by atoms with Gasteiger partial charge in [0.15, 0.2) is 0 Å². The monoisotopic (exact) mass is 244 g/mol. The van der Waals surface area contributed by atoms with Crippen LogP contribution in [-0.4, -0.2) is 21.3 Å². The molecule has 3 heteroatoms. The van der Waals surface area contributed by atoms with Crippen LogP contribution in [0.2, 0.25) is 0 Å². The minimum absolute atomic E-state index is 0.136. The maximum absolute atomic E-state index is 9.05. The SMILES string of the molecule is Cc1ccc(-c2c(C)nc(CCO)n2C)c(C)c1. The molecule has 2 aromatic rings. The van der Waals surface area contributed by atoms with E-state index in [4.69, 9.17) is 5.11 Å². The molecule has 0 unspecified atom stereocenters. The number of imidazole rings is 1. The van der Waals surface area contributed by atoms with Crippen LogP contribution in [0.3, 0.4) is 0 Å². The van der Waals surface area contributed by atoms with Crippen molar-refractivity contribution in [2.24, 2.45) is 7.05 Å². The Hall–Kier alpha value is -1.61. The molecule has 1 aromatic heterocycles. The fraction of sp³-hybridized carbons (Fsp3) is 0.400. The molecule has 96 valence electrons. The molecule has 0 amide bonds. The van der Waals surface area contributed by atoms with Crippen LogP contribution >= 0.6 is 0 Å². The Morgan fingerprint density at radius 2 is 1.94 bits per heavy atom. The van der Waals surface area contributed by atoms with Gasteiger partial charge in [-0.25, -0.2) is 4.98 Å². The maximum atomic E-state index is 9.05. The number of aryl methyl sites for hydroxylation is 3. The van der Waals surface area contributed by atoms with Crippen LogP contribution in [0.25, 0.3) is 11.3 Å². The number of rotatable bonds is 3. The van der Waals surface area contributed by atoms with E-state index in [9.17, 15) is 0 Å². The summed E-state index contributed by atoms with van der Waals surface area (Å²) in [5, 5.41) is 9.05. The third-order valence-electron chi connectivity index (χ3n) is 3.33. The number of aliphatic hydroxyl groups excluding tert-OH is 1. The number of aromatic nitrogens is 2. The van der Waals surface area contributed by atoms with Gasteiger partial charge in [0.1, 0.15) is 5.82 Å². The van der Waals surface area contributed by atoms with E-state index >= 15 is 0 Å². The second-order valence-corrected chi connectivity index (χ2v) is 4.81.